The van der Waals surface area contributed by atoms with Crippen molar-refractivity contribution in [3.63, 3.8) is 0 Å². The number of esters is 1. The van der Waals surface area contributed by atoms with Gasteiger partial charge in [0, 0.05) is 17.7 Å². The Labute approximate surface area is 159 Å². The summed E-state index contributed by atoms with van der Waals surface area (Å²) in [5.74, 6) is -0.337. The summed E-state index contributed by atoms with van der Waals surface area (Å²) in [6.45, 7) is 20.8. The zero-order valence-electron chi connectivity index (χ0n) is 17.8. The Bertz CT molecular complexity index is 652. The lowest BCUT2D eigenvalue weighted by Gasteiger charge is -2.44. The third kappa shape index (κ3) is 4.28. The molecule has 0 aromatic carbocycles. The molecule has 1 aliphatic rings. The minimum absolute atomic E-state index is 0.000372. The van der Waals surface area contributed by atoms with Crippen LogP contribution in [0.15, 0.2) is 34.4 Å². The summed E-state index contributed by atoms with van der Waals surface area (Å²) < 4.78 is 5.29. The van der Waals surface area contributed by atoms with Crippen LogP contribution in [0, 0.1) is 5.92 Å². The highest BCUT2D eigenvalue weighted by atomic mass is 16.5. The van der Waals surface area contributed by atoms with Crippen LogP contribution < -0.4 is 0 Å². The summed E-state index contributed by atoms with van der Waals surface area (Å²) in [6, 6.07) is 0. The SMILES string of the molecule is C=C(C)/C(C(=O)OCC)=C(\C1=C(C)CC(C)(C)N(CC)C1=O)C(C)CC. The molecule has 26 heavy (non-hydrogen) atoms. The van der Waals surface area contributed by atoms with Crippen LogP contribution in [0.1, 0.15) is 68.2 Å². The van der Waals surface area contributed by atoms with E-state index in [1.165, 1.54) is 0 Å². The smallest absolute Gasteiger partial charge is 0.338 e. The van der Waals surface area contributed by atoms with Gasteiger partial charge in [0.2, 0.25) is 0 Å². The van der Waals surface area contributed by atoms with Crippen LogP contribution in [0.3, 0.4) is 0 Å². The fourth-order valence-corrected chi connectivity index (χ4v) is 3.88. The van der Waals surface area contributed by atoms with Gasteiger partial charge < -0.3 is 9.64 Å². The monoisotopic (exact) mass is 361 g/mol. The molecular formula is C22H35NO3. The molecule has 4 nitrogen and oxygen atoms in total. The van der Waals surface area contributed by atoms with Gasteiger partial charge in [-0.1, -0.05) is 26.0 Å². The van der Waals surface area contributed by atoms with Crippen molar-refractivity contribution in [3.05, 3.63) is 34.4 Å². The molecule has 0 aromatic heterocycles. The van der Waals surface area contributed by atoms with Crippen molar-refractivity contribution < 1.29 is 14.3 Å². The van der Waals surface area contributed by atoms with Crippen molar-refractivity contribution in [1.29, 1.82) is 0 Å². The summed E-state index contributed by atoms with van der Waals surface area (Å²) >= 11 is 0. The first-order chi connectivity index (χ1) is 12.0. The van der Waals surface area contributed by atoms with E-state index in [4.69, 9.17) is 4.74 Å². The van der Waals surface area contributed by atoms with Crippen molar-refractivity contribution in [2.45, 2.75) is 73.8 Å². The highest BCUT2D eigenvalue weighted by Crippen LogP contribution is 2.40. The molecule has 0 bridgehead atoms. The first-order valence-electron chi connectivity index (χ1n) is 9.62. The highest BCUT2D eigenvalue weighted by Gasteiger charge is 2.40. The molecule has 0 saturated heterocycles. The molecule has 0 N–H and O–H groups in total. The van der Waals surface area contributed by atoms with Gasteiger partial charge in [0.15, 0.2) is 0 Å². The number of hydrogen-bond acceptors (Lipinski definition) is 3. The molecule has 1 aliphatic heterocycles. The Morgan fingerprint density at radius 3 is 2.31 bits per heavy atom. The maximum Gasteiger partial charge on any atom is 0.338 e. The summed E-state index contributed by atoms with van der Waals surface area (Å²) in [5, 5.41) is 0. The van der Waals surface area contributed by atoms with E-state index in [0.717, 1.165) is 24.0 Å². The molecular weight excluding hydrogens is 326 g/mol. The fourth-order valence-electron chi connectivity index (χ4n) is 3.88. The summed E-state index contributed by atoms with van der Waals surface area (Å²) in [5.41, 5.74) is 3.36. The molecule has 4 heteroatoms. The standard InChI is InChI=1S/C22H35NO3/c1-10-15(6)18(17(14(4)5)21(25)26-12-3)19-16(7)13-22(8,9)23(11-2)20(19)24/h15H,4,10-13H2,1-3,5-9H3/b18-17+. The third-order valence-electron chi connectivity index (χ3n) is 5.18. The minimum Gasteiger partial charge on any atom is -0.462 e. The molecule has 1 heterocycles. The molecule has 1 atom stereocenters. The predicted molar refractivity (Wildman–Crippen MR) is 107 cm³/mol. The third-order valence-corrected chi connectivity index (χ3v) is 5.18. The molecule has 0 radical (unpaired) electrons. The van der Waals surface area contributed by atoms with Gasteiger partial charge in [-0.2, -0.15) is 0 Å². The summed E-state index contributed by atoms with van der Waals surface area (Å²) in [4.78, 5) is 28.0. The minimum atomic E-state index is -0.392. The van der Waals surface area contributed by atoms with Crippen molar-refractivity contribution in [2.75, 3.05) is 13.2 Å². The maximum atomic E-state index is 13.4. The fraction of sp³-hybridized carbons (Fsp3) is 0.636. The van der Waals surface area contributed by atoms with Crippen LogP contribution in [0.5, 0.6) is 0 Å². The second-order valence-corrected chi connectivity index (χ2v) is 7.79. The molecule has 1 unspecified atom stereocenters. The number of likely N-dealkylation sites (N-methyl/N-ethyl adjacent to an activating group) is 1. The van der Waals surface area contributed by atoms with Crippen molar-refractivity contribution in [2.24, 2.45) is 5.92 Å². The zero-order chi connectivity index (χ0) is 20.2. The molecule has 0 fully saturated rings. The van der Waals surface area contributed by atoms with E-state index in [9.17, 15) is 9.59 Å². The molecule has 1 amide bonds. The normalized spacial score (nSPS) is 19.2. The molecule has 0 saturated carbocycles. The summed E-state index contributed by atoms with van der Waals surface area (Å²) in [6.07, 6.45) is 1.61. The van der Waals surface area contributed by atoms with E-state index in [1.807, 2.05) is 18.7 Å². The van der Waals surface area contributed by atoms with Gasteiger partial charge in [0.1, 0.15) is 0 Å². The Morgan fingerprint density at radius 1 is 1.31 bits per heavy atom. The lowest BCUT2D eigenvalue weighted by atomic mass is 9.77. The van der Waals surface area contributed by atoms with Crippen LogP contribution in [-0.2, 0) is 14.3 Å². The van der Waals surface area contributed by atoms with E-state index in [0.29, 0.717) is 29.9 Å². The van der Waals surface area contributed by atoms with E-state index in [1.54, 1.807) is 13.8 Å². The van der Waals surface area contributed by atoms with Gasteiger partial charge in [0.25, 0.3) is 5.91 Å². The van der Waals surface area contributed by atoms with Crippen LogP contribution in [-0.4, -0.2) is 35.5 Å². The van der Waals surface area contributed by atoms with Gasteiger partial charge in [-0.05, 0) is 71.4 Å². The number of hydrogen-bond donors (Lipinski definition) is 0. The Balaban J connectivity index is 3.78. The van der Waals surface area contributed by atoms with E-state index in [-0.39, 0.29) is 17.4 Å². The van der Waals surface area contributed by atoms with Gasteiger partial charge in [0.05, 0.1) is 12.2 Å². The first-order valence-corrected chi connectivity index (χ1v) is 9.62. The number of ether oxygens (including phenoxy) is 1. The second-order valence-electron chi connectivity index (χ2n) is 7.79. The van der Waals surface area contributed by atoms with Gasteiger partial charge in [-0.25, -0.2) is 4.79 Å². The molecule has 146 valence electrons. The number of amides is 1. The zero-order valence-corrected chi connectivity index (χ0v) is 17.8. The number of carbonyl (C=O) groups excluding carboxylic acids is 2. The molecule has 0 aliphatic carbocycles. The van der Waals surface area contributed by atoms with E-state index >= 15 is 0 Å². The molecule has 0 spiro atoms. The number of nitrogens with zero attached hydrogens (tertiary/aromatic N) is 1. The quantitative estimate of drug-likeness (QED) is 0.371. The number of rotatable bonds is 7. The van der Waals surface area contributed by atoms with Crippen molar-refractivity contribution in [1.82, 2.24) is 4.90 Å². The van der Waals surface area contributed by atoms with E-state index in [2.05, 4.69) is 34.3 Å². The topological polar surface area (TPSA) is 46.6 Å². The molecule has 1 rings (SSSR count). The van der Waals surface area contributed by atoms with Crippen molar-refractivity contribution >= 4 is 11.9 Å². The lowest BCUT2D eigenvalue weighted by molar-refractivity contribution is -0.138. The lowest BCUT2D eigenvalue weighted by Crippen LogP contribution is -2.51. The Kier molecular flexibility index (Phi) is 7.43. The highest BCUT2D eigenvalue weighted by molar-refractivity contribution is 6.04. The Hall–Kier alpha value is -1.84. The largest absolute Gasteiger partial charge is 0.462 e. The van der Waals surface area contributed by atoms with E-state index < -0.39 is 5.97 Å². The van der Waals surface area contributed by atoms with Crippen LogP contribution in [0.2, 0.25) is 0 Å². The predicted octanol–water partition coefficient (Wildman–Crippen LogP) is 4.82. The van der Waals surface area contributed by atoms with Crippen molar-refractivity contribution in [3.8, 4) is 0 Å². The summed E-state index contributed by atoms with van der Waals surface area (Å²) in [7, 11) is 0. The maximum absolute atomic E-state index is 13.4. The van der Waals surface area contributed by atoms with Crippen LogP contribution in [0.25, 0.3) is 0 Å². The van der Waals surface area contributed by atoms with Crippen LogP contribution in [0.4, 0.5) is 0 Å². The first kappa shape index (κ1) is 22.2. The van der Waals surface area contributed by atoms with Gasteiger partial charge in [-0.15, -0.1) is 0 Å². The number of carbonyl (C=O) groups is 2. The second kappa shape index (κ2) is 8.70. The Morgan fingerprint density at radius 2 is 1.88 bits per heavy atom. The molecule has 0 aromatic rings. The van der Waals surface area contributed by atoms with Gasteiger partial charge in [-0.3, -0.25) is 4.79 Å². The van der Waals surface area contributed by atoms with Gasteiger partial charge >= 0.3 is 5.97 Å². The average Bonchev–Trinajstić information content (AvgIpc) is 2.52. The van der Waals surface area contributed by atoms with Crippen LogP contribution >= 0.6 is 0 Å². The average molecular weight is 362 g/mol.